The number of likely N-dealkylation sites (N-methyl/N-ethyl adjacent to an activating group) is 2. The Bertz CT molecular complexity index is 499. The third-order valence-corrected chi connectivity index (χ3v) is 3.81. The van der Waals surface area contributed by atoms with Gasteiger partial charge in [0.25, 0.3) is 5.56 Å². The van der Waals surface area contributed by atoms with E-state index in [0.717, 1.165) is 32.0 Å². The van der Waals surface area contributed by atoms with Crippen molar-refractivity contribution < 1.29 is 0 Å². The topological polar surface area (TPSA) is 64.3 Å². The van der Waals surface area contributed by atoms with Gasteiger partial charge in [-0.15, -0.1) is 0 Å². The molecule has 1 atom stereocenters. The van der Waals surface area contributed by atoms with Crippen LogP contribution in [-0.4, -0.2) is 66.1 Å². The van der Waals surface area contributed by atoms with E-state index in [1.54, 1.807) is 0 Å². The van der Waals surface area contributed by atoms with Crippen LogP contribution < -0.4 is 10.9 Å². The highest BCUT2D eigenvalue weighted by Gasteiger charge is 2.21. The molecule has 0 saturated carbocycles. The molecular formula is C14H25N5O. The molecule has 2 N–H and O–H groups in total. The summed E-state index contributed by atoms with van der Waals surface area (Å²) in [5.74, 6) is 1.61. The van der Waals surface area contributed by atoms with Gasteiger partial charge in [0, 0.05) is 44.2 Å². The Morgan fingerprint density at radius 2 is 2.20 bits per heavy atom. The summed E-state index contributed by atoms with van der Waals surface area (Å²) in [4.78, 5) is 23.5. The van der Waals surface area contributed by atoms with Gasteiger partial charge >= 0.3 is 0 Å². The third kappa shape index (κ3) is 3.80. The highest BCUT2D eigenvalue weighted by atomic mass is 16.1. The maximum atomic E-state index is 11.6. The maximum absolute atomic E-state index is 11.6. The van der Waals surface area contributed by atoms with Gasteiger partial charge in [0.1, 0.15) is 11.6 Å². The number of hydrogen-bond donors (Lipinski definition) is 2. The zero-order chi connectivity index (χ0) is 14.7. The largest absolute Gasteiger partial charge is 0.368 e. The number of aromatic amines is 1. The van der Waals surface area contributed by atoms with Gasteiger partial charge in [-0.25, -0.2) is 4.98 Å². The van der Waals surface area contributed by atoms with E-state index in [1.165, 1.54) is 6.07 Å². The molecule has 0 aliphatic carbocycles. The zero-order valence-corrected chi connectivity index (χ0v) is 12.8. The van der Waals surface area contributed by atoms with Crippen molar-refractivity contribution in [3.8, 4) is 0 Å². The van der Waals surface area contributed by atoms with Crippen LogP contribution in [-0.2, 0) is 0 Å². The summed E-state index contributed by atoms with van der Waals surface area (Å²) >= 11 is 0. The van der Waals surface area contributed by atoms with Crippen LogP contribution in [0.25, 0.3) is 0 Å². The van der Waals surface area contributed by atoms with Crippen molar-refractivity contribution in [3.05, 3.63) is 22.2 Å². The molecule has 6 nitrogen and oxygen atoms in total. The second kappa shape index (κ2) is 6.37. The standard InChI is InChI=1S/C14H25N5O/c1-10(2)14-16-12(7-13(20)17-14)15-8-11-9-18(3)5-6-19(11)4/h7,10-11H,5-6,8-9H2,1-4H3,(H2,15,16,17,20). The lowest BCUT2D eigenvalue weighted by molar-refractivity contribution is 0.122. The van der Waals surface area contributed by atoms with E-state index in [1.807, 2.05) is 13.8 Å². The normalized spacial score (nSPS) is 21.4. The molecular weight excluding hydrogens is 254 g/mol. The molecule has 1 aromatic rings. The molecule has 0 aromatic carbocycles. The lowest BCUT2D eigenvalue weighted by Gasteiger charge is -2.37. The highest BCUT2D eigenvalue weighted by molar-refractivity contribution is 5.33. The molecule has 112 valence electrons. The van der Waals surface area contributed by atoms with Crippen molar-refractivity contribution in [2.75, 3.05) is 45.6 Å². The van der Waals surface area contributed by atoms with Crippen molar-refractivity contribution in [3.63, 3.8) is 0 Å². The number of piperazine rings is 1. The quantitative estimate of drug-likeness (QED) is 0.843. The van der Waals surface area contributed by atoms with E-state index < -0.39 is 0 Å². The Balaban J connectivity index is 2.01. The monoisotopic (exact) mass is 279 g/mol. The van der Waals surface area contributed by atoms with Gasteiger partial charge in [-0.1, -0.05) is 13.8 Å². The van der Waals surface area contributed by atoms with E-state index in [9.17, 15) is 4.79 Å². The first kappa shape index (κ1) is 15.0. The van der Waals surface area contributed by atoms with Crippen LogP contribution in [0.2, 0.25) is 0 Å². The fourth-order valence-corrected chi connectivity index (χ4v) is 2.38. The van der Waals surface area contributed by atoms with Gasteiger partial charge in [-0.05, 0) is 14.1 Å². The predicted octanol–water partition coefficient (Wildman–Crippen LogP) is 0.551. The number of hydrogen-bond acceptors (Lipinski definition) is 5. The Hall–Kier alpha value is -1.40. The van der Waals surface area contributed by atoms with Gasteiger partial charge in [-0.3, -0.25) is 9.69 Å². The number of rotatable bonds is 4. The molecule has 1 aliphatic heterocycles. The van der Waals surface area contributed by atoms with Crippen molar-refractivity contribution >= 4 is 5.82 Å². The molecule has 1 aliphatic rings. The van der Waals surface area contributed by atoms with Crippen molar-refractivity contribution in [1.29, 1.82) is 0 Å². The maximum Gasteiger partial charge on any atom is 0.252 e. The van der Waals surface area contributed by atoms with Gasteiger partial charge in [0.2, 0.25) is 0 Å². The molecule has 1 fully saturated rings. The zero-order valence-electron chi connectivity index (χ0n) is 12.8. The van der Waals surface area contributed by atoms with Gasteiger partial charge < -0.3 is 15.2 Å². The molecule has 2 heterocycles. The Morgan fingerprint density at radius 1 is 1.45 bits per heavy atom. The SMILES string of the molecule is CC(C)c1nc(NCC2CN(C)CCN2C)cc(=O)[nH]1. The number of anilines is 1. The van der Waals surface area contributed by atoms with E-state index in [2.05, 4.69) is 39.2 Å². The third-order valence-electron chi connectivity index (χ3n) is 3.81. The molecule has 1 unspecified atom stereocenters. The van der Waals surface area contributed by atoms with E-state index in [0.29, 0.717) is 11.9 Å². The summed E-state index contributed by atoms with van der Waals surface area (Å²) < 4.78 is 0. The van der Waals surface area contributed by atoms with Gasteiger partial charge in [0.15, 0.2) is 0 Å². The molecule has 0 radical (unpaired) electrons. The van der Waals surface area contributed by atoms with Crippen LogP contribution in [0.15, 0.2) is 10.9 Å². The second-order valence-corrected chi connectivity index (χ2v) is 5.95. The number of nitrogens with one attached hydrogen (secondary N) is 2. The van der Waals surface area contributed by atoms with E-state index >= 15 is 0 Å². The van der Waals surface area contributed by atoms with Gasteiger partial charge in [-0.2, -0.15) is 0 Å². The minimum Gasteiger partial charge on any atom is -0.368 e. The highest BCUT2D eigenvalue weighted by Crippen LogP contribution is 2.10. The minimum absolute atomic E-state index is 0.0969. The minimum atomic E-state index is -0.0969. The van der Waals surface area contributed by atoms with Crippen molar-refractivity contribution in [2.45, 2.75) is 25.8 Å². The van der Waals surface area contributed by atoms with Crippen LogP contribution in [0.3, 0.4) is 0 Å². The summed E-state index contributed by atoms with van der Waals surface area (Å²) in [5, 5.41) is 3.30. The van der Waals surface area contributed by atoms with Crippen molar-refractivity contribution in [1.82, 2.24) is 19.8 Å². The fourth-order valence-electron chi connectivity index (χ4n) is 2.38. The smallest absolute Gasteiger partial charge is 0.252 e. The molecule has 1 aromatic heterocycles. The molecule has 2 rings (SSSR count). The number of nitrogens with zero attached hydrogens (tertiary/aromatic N) is 3. The summed E-state index contributed by atoms with van der Waals surface area (Å²) in [5.41, 5.74) is -0.0969. The Labute approximate surface area is 120 Å². The molecule has 0 amide bonds. The number of H-pyrrole nitrogens is 1. The first-order valence-corrected chi connectivity index (χ1v) is 7.19. The second-order valence-electron chi connectivity index (χ2n) is 5.95. The number of aromatic nitrogens is 2. The summed E-state index contributed by atoms with van der Waals surface area (Å²) in [7, 11) is 4.28. The molecule has 1 saturated heterocycles. The molecule has 20 heavy (non-hydrogen) atoms. The molecule has 0 bridgehead atoms. The lowest BCUT2D eigenvalue weighted by Crippen LogP contribution is -2.52. The Kier molecular flexibility index (Phi) is 4.77. The van der Waals surface area contributed by atoms with Gasteiger partial charge in [0.05, 0.1) is 0 Å². The molecule has 0 spiro atoms. The summed E-state index contributed by atoms with van der Waals surface area (Å²) in [6, 6.07) is 1.97. The summed E-state index contributed by atoms with van der Waals surface area (Å²) in [6.45, 7) is 8.05. The predicted molar refractivity (Wildman–Crippen MR) is 81.4 cm³/mol. The first-order chi connectivity index (χ1) is 9.45. The average molecular weight is 279 g/mol. The van der Waals surface area contributed by atoms with Crippen LogP contribution in [0.1, 0.15) is 25.6 Å². The van der Waals surface area contributed by atoms with Crippen LogP contribution in [0.5, 0.6) is 0 Å². The van der Waals surface area contributed by atoms with Crippen LogP contribution >= 0.6 is 0 Å². The lowest BCUT2D eigenvalue weighted by atomic mass is 10.2. The van der Waals surface area contributed by atoms with Crippen LogP contribution in [0.4, 0.5) is 5.82 Å². The molecule has 6 heteroatoms. The van der Waals surface area contributed by atoms with E-state index in [-0.39, 0.29) is 11.5 Å². The fraction of sp³-hybridized carbons (Fsp3) is 0.714. The van der Waals surface area contributed by atoms with Crippen molar-refractivity contribution in [2.24, 2.45) is 0 Å². The Morgan fingerprint density at radius 3 is 2.90 bits per heavy atom. The summed E-state index contributed by atoms with van der Waals surface area (Å²) in [6.07, 6.45) is 0. The first-order valence-electron chi connectivity index (χ1n) is 7.19. The van der Waals surface area contributed by atoms with Crippen LogP contribution in [0, 0.1) is 0 Å². The average Bonchev–Trinajstić information content (AvgIpc) is 2.39. The van der Waals surface area contributed by atoms with E-state index in [4.69, 9.17) is 0 Å².